The second-order valence-electron chi connectivity index (χ2n) is 31.9. The van der Waals surface area contributed by atoms with Crippen molar-refractivity contribution in [1.82, 2.24) is 0 Å². The van der Waals surface area contributed by atoms with Crippen molar-refractivity contribution in [3.8, 4) is 0 Å². The molecule has 0 aromatic rings. The number of ether oxygens (including phenoxy) is 4. The Morgan fingerprint density at radius 1 is 0.279 bits per heavy atom. The van der Waals surface area contributed by atoms with E-state index in [2.05, 4.69) is 48.5 Å². The maximum atomic E-state index is 6.08. The Bertz CT molecular complexity index is 2270. The monoisotopic (exact) mass is 1250 g/mol. The van der Waals surface area contributed by atoms with Gasteiger partial charge in [-0.3, -0.25) is 0 Å². The van der Waals surface area contributed by atoms with Gasteiger partial charge in [-0.15, -0.1) is 0 Å². The van der Waals surface area contributed by atoms with Gasteiger partial charge in [0, 0.05) is 79.1 Å². The quantitative estimate of drug-likeness (QED) is 0.0463. The zero-order valence-electron chi connectivity index (χ0n) is 55.1. The second kappa shape index (κ2) is 25.0. The zero-order valence-corrected chi connectivity index (χ0v) is 58.1. The van der Waals surface area contributed by atoms with Crippen LogP contribution in [-0.4, -0.2) is 136 Å². The maximum Gasteiger partial charge on any atom is 0.500 e. The lowest BCUT2D eigenvalue weighted by Gasteiger charge is -2.38. The molecule has 0 spiro atoms. The van der Waals surface area contributed by atoms with E-state index < -0.39 is 26.4 Å². The first-order valence-corrected chi connectivity index (χ1v) is 42.9. The minimum atomic E-state index is -2.47. The van der Waals surface area contributed by atoms with Gasteiger partial charge in [-0.05, 0) is 293 Å². The third-order valence-corrected chi connectivity index (χ3v) is 38.0. The molecule has 13 nitrogen and oxygen atoms in total. The van der Waals surface area contributed by atoms with Crippen LogP contribution in [0.25, 0.3) is 0 Å². The average Bonchev–Trinajstić information content (AvgIpc) is 1.52. The van der Waals surface area contributed by atoms with Crippen LogP contribution in [0.1, 0.15) is 170 Å². The first-order chi connectivity index (χ1) is 42.0. The highest BCUT2D eigenvalue weighted by molar-refractivity contribution is 6.61. The number of hydrogen-bond donors (Lipinski definition) is 0. The Morgan fingerprint density at radius 3 is 0.953 bits per heavy atom. The van der Waals surface area contributed by atoms with E-state index in [1.807, 2.05) is 0 Å². The van der Waals surface area contributed by atoms with Gasteiger partial charge >= 0.3 is 26.4 Å². The Balaban J connectivity index is 0.0000000979. The van der Waals surface area contributed by atoms with Crippen molar-refractivity contribution < 1.29 is 58.8 Å². The highest BCUT2D eigenvalue weighted by Crippen LogP contribution is 2.75. The number of hydrogen-bond acceptors (Lipinski definition) is 13. The van der Waals surface area contributed by atoms with Crippen LogP contribution < -0.4 is 0 Å². The van der Waals surface area contributed by atoms with Gasteiger partial charge in [0.15, 0.2) is 0 Å². The molecule has 32 unspecified atom stereocenters. The Hall–Kier alpha value is 0.131. The lowest BCUT2D eigenvalue weighted by atomic mass is 9.67. The molecule has 4 aliphatic heterocycles. The van der Waals surface area contributed by atoms with E-state index >= 15 is 0 Å². The van der Waals surface area contributed by atoms with E-state index in [4.69, 9.17) is 58.8 Å². The highest BCUT2D eigenvalue weighted by Gasteiger charge is 2.75. The van der Waals surface area contributed by atoms with E-state index in [1.165, 1.54) is 103 Å². The number of rotatable bonds is 26. The summed E-state index contributed by atoms with van der Waals surface area (Å²) in [5.74, 6) is 23.6. The van der Waals surface area contributed by atoms with E-state index in [1.54, 1.807) is 40.6 Å². The SMILES string of the molecule is CCCC1CC2CC1C1C3CC(C4OC34)C21.CCO[Si](CCC1CC2CC1C1C3CC(C4OC34)C21)(OCC)OCC.CCO[Si](CCC1CC2CC1C1CC3OC3CC21)(OCC)OCC.CO[Si](CCC1CC2CC1C1CC3OC3CC21)(OC)OC. The molecule has 14 saturated carbocycles. The van der Waals surface area contributed by atoms with Gasteiger partial charge in [0.2, 0.25) is 0 Å². The topological polar surface area (TPSA) is 133 Å². The molecule has 86 heavy (non-hydrogen) atoms. The maximum absolute atomic E-state index is 6.08. The van der Waals surface area contributed by atoms with Gasteiger partial charge in [-0.25, -0.2) is 0 Å². The fourth-order valence-corrected chi connectivity index (χ4v) is 33.8. The van der Waals surface area contributed by atoms with Crippen LogP contribution in [0, 0.1) is 142 Å². The smallest absolute Gasteiger partial charge is 0.377 e. The summed E-state index contributed by atoms with van der Waals surface area (Å²) < 4.78 is 76.7. The first kappa shape index (κ1) is 62.3. The molecule has 18 fully saturated rings. The lowest BCUT2D eigenvalue weighted by Crippen LogP contribution is -2.46. The van der Waals surface area contributed by atoms with Gasteiger partial charge in [0.25, 0.3) is 0 Å². The molecule has 32 atom stereocenters. The van der Waals surface area contributed by atoms with Crippen LogP contribution in [0.2, 0.25) is 18.1 Å². The summed E-state index contributed by atoms with van der Waals surface area (Å²) in [4.78, 5) is 0. The summed E-state index contributed by atoms with van der Waals surface area (Å²) in [6.45, 7) is 18.8. The van der Waals surface area contributed by atoms with Crippen molar-refractivity contribution in [2.75, 3.05) is 61.0 Å². The van der Waals surface area contributed by atoms with Gasteiger partial charge in [0.1, 0.15) is 0 Å². The fraction of sp³-hybridized carbons (Fsp3) is 1.00. The first-order valence-electron chi connectivity index (χ1n) is 37.1. The minimum Gasteiger partial charge on any atom is -0.377 e. The summed E-state index contributed by atoms with van der Waals surface area (Å²) in [6, 6.07) is 2.96. The van der Waals surface area contributed by atoms with Crippen LogP contribution in [0.5, 0.6) is 0 Å². The van der Waals surface area contributed by atoms with E-state index in [-0.39, 0.29) is 0 Å². The molecule has 0 amide bonds. The second-order valence-corrected chi connectivity index (χ2v) is 40.4. The normalized spacial score (nSPS) is 50.4. The van der Waals surface area contributed by atoms with E-state index in [0.717, 1.165) is 172 Å². The standard InChI is InChI=1S/C20H34O4Si.C19H34O4Si.C16H28O4Si.C15H22O/c1-4-21-25(22-5-2,23-6-3)8-7-12-9-13-10-14(12)18-16-11-15(17(13)18)19-20(16)24-19;1-4-20-24(21-5-2,22-6-3)8-7-13-9-14-10-15(13)17-12-19-18(23-19)11-16(14)17;1-17-21(18-2,19-3)5-4-10-6-11-7-12(10)14-9-16-15(20-16)8-13(11)14;1-2-3-7-4-8-5-9(7)13-11-6-10(12(8)13)14-15(11)16-14/h12-20H,4-11H2,1-3H3;13-19H,4-12H2,1-3H3;10-16H,4-9H2,1-3H3;7-15H,2-6H2,1H3. The van der Waals surface area contributed by atoms with Crippen LogP contribution in [0.15, 0.2) is 0 Å². The van der Waals surface area contributed by atoms with Gasteiger partial charge in [-0.1, -0.05) is 19.8 Å². The van der Waals surface area contributed by atoms with Crippen molar-refractivity contribution in [2.45, 2.75) is 237 Å². The van der Waals surface area contributed by atoms with Crippen LogP contribution in [0.4, 0.5) is 0 Å². The van der Waals surface area contributed by atoms with Crippen molar-refractivity contribution >= 4 is 26.4 Å². The van der Waals surface area contributed by atoms with E-state index in [9.17, 15) is 0 Å². The van der Waals surface area contributed by atoms with Gasteiger partial charge < -0.3 is 58.8 Å². The molecule has 4 heterocycles. The molecule has 18 aliphatic rings. The largest absolute Gasteiger partial charge is 0.500 e. The van der Waals surface area contributed by atoms with Crippen molar-refractivity contribution in [3.63, 3.8) is 0 Å². The molecule has 488 valence electrons. The molecule has 12 bridgehead atoms. The number of fused-ring (bicyclic) bond motifs is 36. The van der Waals surface area contributed by atoms with Gasteiger partial charge in [-0.2, -0.15) is 0 Å². The fourth-order valence-electron chi connectivity index (χ4n) is 26.5. The van der Waals surface area contributed by atoms with Crippen LogP contribution in [-0.2, 0) is 58.8 Å². The molecular formula is C70H118O13Si3. The molecule has 0 aromatic carbocycles. The molecule has 18 rings (SSSR count). The third-order valence-electron chi connectivity index (χ3n) is 29.0. The Morgan fingerprint density at radius 2 is 0.593 bits per heavy atom. The highest BCUT2D eigenvalue weighted by atomic mass is 28.4. The Kier molecular flexibility index (Phi) is 18.1. The zero-order chi connectivity index (χ0) is 59.0. The third kappa shape index (κ3) is 11.0. The average molecular weight is 1250 g/mol. The van der Waals surface area contributed by atoms with Crippen LogP contribution in [0.3, 0.4) is 0 Å². The molecular weight excluding hydrogens is 1130 g/mol. The van der Waals surface area contributed by atoms with Crippen molar-refractivity contribution in [3.05, 3.63) is 0 Å². The molecule has 0 N–H and O–H groups in total. The Labute approximate surface area is 523 Å². The predicted molar refractivity (Wildman–Crippen MR) is 334 cm³/mol. The summed E-state index contributed by atoms with van der Waals surface area (Å²) in [5.41, 5.74) is 0. The summed E-state index contributed by atoms with van der Waals surface area (Å²) >= 11 is 0. The van der Waals surface area contributed by atoms with Crippen LogP contribution >= 0.6 is 0 Å². The summed E-state index contributed by atoms with van der Waals surface area (Å²) in [6.07, 6.45) is 32.3. The predicted octanol–water partition coefficient (Wildman–Crippen LogP) is 13.4. The molecule has 16 heteroatoms. The molecule has 0 radical (unpaired) electrons. The van der Waals surface area contributed by atoms with Crippen molar-refractivity contribution in [2.24, 2.45) is 142 Å². The molecule has 0 aromatic heterocycles. The van der Waals surface area contributed by atoms with E-state index in [0.29, 0.717) is 76.3 Å². The number of epoxide rings is 4. The molecule has 14 aliphatic carbocycles. The molecule has 4 saturated heterocycles. The summed E-state index contributed by atoms with van der Waals surface area (Å²) in [7, 11) is -2.15. The summed E-state index contributed by atoms with van der Waals surface area (Å²) in [5, 5.41) is 0. The lowest BCUT2D eigenvalue weighted by molar-refractivity contribution is 0.0642. The minimum absolute atomic E-state index is 0.620. The van der Waals surface area contributed by atoms with Crippen molar-refractivity contribution in [1.29, 1.82) is 0 Å². The van der Waals surface area contributed by atoms with Gasteiger partial charge in [0.05, 0.1) is 48.8 Å².